The molecule has 2 aromatic rings. The fraction of sp³-hybridized carbons (Fsp3) is 0.478. The van der Waals surface area contributed by atoms with Crippen molar-refractivity contribution in [1.29, 1.82) is 0 Å². The lowest BCUT2D eigenvalue weighted by atomic mass is 9.87. The number of rotatable bonds is 7. The molecule has 2 aliphatic heterocycles. The van der Waals surface area contributed by atoms with Crippen molar-refractivity contribution >= 4 is 23.5 Å². The van der Waals surface area contributed by atoms with E-state index < -0.39 is 23.4 Å². The Morgan fingerprint density at radius 2 is 2.12 bits per heavy atom. The van der Waals surface area contributed by atoms with Crippen LogP contribution < -0.4 is 15.5 Å². The van der Waals surface area contributed by atoms with E-state index in [1.807, 2.05) is 23.2 Å². The molecule has 0 saturated carbocycles. The van der Waals surface area contributed by atoms with Crippen molar-refractivity contribution in [2.75, 3.05) is 38.3 Å². The molecule has 2 saturated heterocycles. The van der Waals surface area contributed by atoms with Crippen LogP contribution >= 0.6 is 0 Å². The van der Waals surface area contributed by atoms with Crippen LogP contribution in [0.2, 0.25) is 0 Å². The summed E-state index contributed by atoms with van der Waals surface area (Å²) in [6.07, 6.45) is 3.84. The molecule has 0 aliphatic carbocycles. The molecule has 0 bridgehead atoms. The molecule has 2 unspecified atom stereocenters. The van der Waals surface area contributed by atoms with Crippen molar-refractivity contribution in [3.8, 4) is 11.1 Å². The van der Waals surface area contributed by atoms with E-state index in [0.29, 0.717) is 19.6 Å². The van der Waals surface area contributed by atoms with E-state index in [9.17, 15) is 14.4 Å². The van der Waals surface area contributed by atoms with E-state index in [0.717, 1.165) is 16.8 Å². The standard InChI is InChI=1S/C23H30N6O4/c1-15(10-23(14-33-3)21(31)26-22(32)27-23)20(30)28-7-8-29(16(2)13-28)19-6-4-5-17(9-19)18-11-24-25-12-18/h4-6,9,11-12,15-16H,7-8,10,13-14H2,1-3H3,(H,24,25)(H2,26,27,31,32)/t15?,16-,23?/m0/s1. The number of nitrogens with one attached hydrogen (secondary N) is 3. The molecule has 3 heterocycles. The van der Waals surface area contributed by atoms with Gasteiger partial charge in [-0.15, -0.1) is 0 Å². The quantitative estimate of drug-likeness (QED) is 0.544. The second-order valence-corrected chi connectivity index (χ2v) is 8.89. The molecule has 1 aromatic carbocycles. The number of amides is 4. The Morgan fingerprint density at radius 1 is 1.30 bits per heavy atom. The van der Waals surface area contributed by atoms with Crippen LogP contribution in [0.1, 0.15) is 20.3 Å². The number of ether oxygens (including phenoxy) is 1. The molecular formula is C23H30N6O4. The molecular weight excluding hydrogens is 424 g/mol. The number of carbonyl (C=O) groups is 3. The summed E-state index contributed by atoms with van der Waals surface area (Å²) >= 11 is 0. The van der Waals surface area contributed by atoms with E-state index in [-0.39, 0.29) is 25.0 Å². The third kappa shape index (κ3) is 4.56. The second-order valence-electron chi connectivity index (χ2n) is 8.89. The molecule has 10 nitrogen and oxygen atoms in total. The van der Waals surface area contributed by atoms with Gasteiger partial charge in [-0.3, -0.25) is 20.0 Å². The van der Waals surface area contributed by atoms with Crippen LogP contribution in [0, 0.1) is 5.92 Å². The molecule has 1 aromatic heterocycles. The number of methoxy groups -OCH3 is 1. The summed E-state index contributed by atoms with van der Waals surface area (Å²) in [5.41, 5.74) is 1.99. The Kier molecular flexibility index (Phi) is 6.37. The summed E-state index contributed by atoms with van der Waals surface area (Å²) in [6, 6.07) is 7.86. The van der Waals surface area contributed by atoms with Gasteiger partial charge in [-0.2, -0.15) is 5.10 Å². The molecule has 2 fully saturated rings. The highest BCUT2D eigenvalue weighted by atomic mass is 16.5. The fourth-order valence-corrected chi connectivity index (χ4v) is 4.81. The Balaban J connectivity index is 1.41. The first-order chi connectivity index (χ1) is 15.8. The zero-order valence-corrected chi connectivity index (χ0v) is 19.1. The molecule has 0 radical (unpaired) electrons. The summed E-state index contributed by atoms with van der Waals surface area (Å²) < 4.78 is 5.18. The number of anilines is 1. The van der Waals surface area contributed by atoms with Gasteiger partial charge in [0.25, 0.3) is 5.91 Å². The average Bonchev–Trinajstić information content (AvgIpc) is 3.42. The van der Waals surface area contributed by atoms with Gasteiger partial charge in [-0.25, -0.2) is 4.79 Å². The smallest absolute Gasteiger partial charge is 0.322 e. The second kappa shape index (κ2) is 9.22. The summed E-state index contributed by atoms with van der Waals surface area (Å²) in [7, 11) is 1.47. The maximum atomic E-state index is 13.2. The summed E-state index contributed by atoms with van der Waals surface area (Å²) in [6.45, 7) is 5.77. The van der Waals surface area contributed by atoms with Gasteiger partial charge in [0, 0.05) is 56.2 Å². The number of imide groups is 1. The van der Waals surface area contributed by atoms with Crippen LogP contribution in [0.3, 0.4) is 0 Å². The number of hydrogen-bond donors (Lipinski definition) is 3. The number of aromatic amines is 1. The highest BCUT2D eigenvalue weighted by Gasteiger charge is 2.48. The minimum atomic E-state index is -1.22. The monoisotopic (exact) mass is 454 g/mol. The van der Waals surface area contributed by atoms with E-state index in [1.165, 1.54) is 7.11 Å². The van der Waals surface area contributed by atoms with Crippen molar-refractivity contribution in [3.63, 3.8) is 0 Å². The van der Waals surface area contributed by atoms with Gasteiger partial charge in [-0.1, -0.05) is 19.1 Å². The predicted molar refractivity (Wildman–Crippen MR) is 122 cm³/mol. The van der Waals surface area contributed by atoms with Gasteiger partial charge < -0.3 is 19.9 Å². The number of hydrogen-bond acceptors (Lipinski definition) is 6. The number of carbonyl (C=O) groups excluding carboxylic acids is 3. The van der Waals surface area contributed by atoms with Crippen LogP contribution in [0.15, 0.2) is 36.7 Å². The predicted octanol–water partition coefficient (Wildman–Crippen LogP) is 1.36. The molecule has 0 spiro atoms. The minimum absolute atomic E-state index is 0.0133. The number of nitrogens with zero attached hydrogens (tertiary/aromatic N) is 3. The number of H-pyrrole nitrogens is 1. The van der Waals surface area contributed by atoms with Crippen LogP contribution in [0.25, 0.3) is 11.1 Å². The van der Waals surface area contributed by atoms with E-state index in [2.05, 4.69) is 44.8 Å². The van der Waals surface area contributed by atoms with Crippen LogP contribution in [0.4, 0.5) is 10.5 Å². The fourth-order valence-electron chi connectivity index (χ4n) is 4.81. The van der Waals surface area contributed by atoms with Gasteiger partial charge in [0.15, 0.2) is 0 Å². The average molecular weight is 455 g/mol. The Hall–Kier alpha value is -3.40. The first-order valence-electron chi connectivity index (χ1n) is 11.1. The maximum absolute atomic E-state index is 13.2. The van der Waals surface area contributed by atoms with Crippen molar-refractivity contribution < 1.29 is 19.1 Å². The first-order valence-corrected chi connectivity index (χ1v) is 11.1. The molecule has 33 heavy (non-hydrogen) atoms. The van der Waals surface area contributed by atoms with Crippen LogP contribution in [-0.4, -0.2) is 77.9 Å². The highest BCUT2D eigenvalue weighted by molar-refractivity contribution is 6.07. The Labute approximate surface area is 192 Å². The number of piperazine rings is 1. The van der Waals surface area contributed by atoms with Crippen LogP contribution in [0.5, 0.6) is 0 Å². The zero-order valence-electron chi connectivity index (χ0n) is 19.1. The minimum Gasteiger partial charge on any atom is -0.382 e. The maximum Gasteiger partial charge on any atom is 0.322 e. The van der Waals surface area contributed by atoms with Crippen molar-refractivity contribution in [2.24, 2.45) is 5.92 Å². The lowest BCUT2D eigenvalue weighted by Crippen LogP contribution is -2.57. The normalized spacial score (nSPS) is 23.9. The first kappa shape index (κ1) is 22.8. The molecule has 2 aliphatic rings. The summed E-state index contributed by atoms with van der Waals surface area (Å²) in [4.78, 5) is 41.5. The number of urea groups is 1. The van der Waals surface area contributed by atoms with E-state index >= 15 is 0 Å². The SMILES string of the molecule is COCC1(CC(C)C(=O)N2CCN(c3cccc(-c4cn[nH]c4)c3)[C@@H](C)C2)NC(=O)NC1=O. The molecule has 3 atom stereocenters. The molecule has 3 N–H and O–H groups in total. The van der Waals surface area contributed by atoms with Gasteiger partial charge in [0.05, 0.1) is 12.8 Å². The third-order valence-corrected chi connectivity index (χ3v) is 6.43. The number of benzene rings is 1. The van der Waals surface area contributed by atoms with Gasteiger partial charge >= 0.3 is 6.03 Å². The Morgan fingerprint density at radius 3 is 2.76 bits per heavy atom. The molecule has 4 amide bonds. The third-order valence-electron chi connectivity index (χ3n) is 6.43. The van der Waals surface area contributed by atoms with Gasteiger partial charge in [-0.05, 0) is 31.0 Å². The molecule has 176 valence electrons. The largest absolute Gasteiger partial charge is 0.382 e. The van der Waals surface area contributed by atoms with Crippen LogP contribution in [-0.2, 0) is 14.3 Å². The zero-order chi connectivity index (χ0) is 23.6. The van der Waals surface area contributed by atoms with Gasteiger partial charge in [0.2, 0.25) is 5.91 Å². The van der Waals surface area contributed by atoms with Crippen molar-refractivity contribution in [1.82, 2.24) is 25.7 Å². The number of aromatic nitrogens is 2. The Bertz CT molecular complexity index is 1030. The van der Waals surface area contributed by atoms with E-state index in [4.69, 9.17) is 4.74 Å². The van der Waals surface area contributed by atoms with Crippen molar-refractivity contribution in [2.45, 2.75) is 31.8 Å². The lowest BCUT2D eigenvalue weighted by Gasteiger charge is -2.42. The highest BCUT2D eigenvalue weighted by Crippen LogP contribution is 2.28. The van der Waals surface area contributed by atoms with Gasteiger partial charge in [0.1, 0.15) is 5.54 Å². The molecule has 4 rings (SSSR count). The van der Waals surface area contributed by atoms with E-state index in [1.54, 1.807) is 13.1 Å². The van der Waals surface area contributed by atoms with Crippen molar-refractivity contribution in [3.05, 3.63) is 36.7 Å². The molecule has 10 heteroatoms. The summed E-state index contributed by atoms with van der Waals surface area (Å²) in [5.74, 6) is -0.935. The topological polar surface area (TPSA) is 120 Å². The lowest BCUT2D eigenvalue weighted by molar-refractivity contribution is -0.137. The summed E-state index contributed by atoms with van der Waals surface area (Å²) in [5, 5.41) is 11.8.